The fraction of sp³-hybridized carbons (Fsp3) is 0.400. The summed E-state index contributed by atoms with van der Waals surface area (Å²) in [6.07, 6.45) is 1.18. The second kappa shape index (κ2) is 4.49. The van der Waals surface area contributed by atoms with Crippen LogP contribution in [0, 0.1) is 6.42 Å². The van der Waals surface area contributed by atoms with Crippen LogP contribution < -0.4 is 0 Å². The highest BCUT2D eigenvalue weighted by Gasteiger charge is 2.04. The summed E-state index contributed by atoms with van der Waals surface area (Å²) < 4.78 is 4.17. The number of ether oxygens (including phenoxy) is 1. The van der Waals surface area contributed by atoms with E-state index in [9.17, 15) is 9.59 Å². The Hall–Kier alpha value is -0.380. The first-order valence-electron chi connectivity index (χ1n) is 2.30. The van der Waals surface area contributed by atoms with Gasteiger partial charge in [-0.2, -0.15) is 0 Å². The standard InChI is InChI=1S/C5H6BrO3/c1-2-4(7)9-5(8)3-6/h2H,3H2,1H3. The number of alkyl halides is 1. The van der Waals surface area contributed by atoms with E-state index in [0.29, 0.717) is 0 Å². The molecule has 0 rings (SSSR count). The fourth-order valence-electron chi connectivity index (χ4n) is 0.198. The molecule has 0 fully saturated rings. The summed E-state index contributed by atoms with van der Waals surface area (Å²) in [5.74, 6) is -1.18. The van der Waals surface area contributed by atoms with Gasteiger partial charge in [-0.3, -0.25) is 9.59 Å². The van der Waals surface area contributed by atoms with Gasteiger partial charge in [-0.15, -0.1) is 0 Å². The van der Waals surface area contributed by atoms with Crippen LogP contribution in [0.25, 0.3) is 0 Å². The lowest BCUT2D eigenvalue weighted by Crippen LogP contribution is -2.11. The quantitative estimate of drug-likeness (QED) is 0.368. The van der Waals surface area contributed by atoms with Crippen molar-refractivity contribution in [3.8, 4) is 0 Å². The summed E-state index contributed by atoms with van der Waals surface area (Å²) in [5.41, 5.74) is 0. The summed E-state index contributed by atoms with van der Waals surface area (Å²) >= 11 is 2.83. The van der Waals surface area contributed by atoms with E-state index in [0.717, 1.165) is 0 Å². The third-order valence-electron chi connectivity index (χ3n) is 0.559. The Balaban J connectivity index is 3.47. The first-order chi connectivity index (χ1) is 4.20. The molecular weight excluding hydrogens is 188 g/mol. The summed E-state index contributed by atoms with van der Waals surface area (Å²) in [6, 6.07) is 0. The molecular formula is C5H6BrO3. The average Bonchev–Trinajstić information content (AvgIpc) is 1.87. The Morgan fingerprint density at radius 1 is 1.67 bits per heavy atom. The van der Waals surface area contributed by atoms with E-state index < -0.39 is 11.9 Å². The molecule has 0 aromatic heterocycles. The van der Waals surface area contributed by atoms with Crippen LogP contribution in [0.4, 0.5) is 0 Å². The van der Waals surface area contributed by atoms with Crippen LogP contribution in [0.5, 0.6) is 0 Å². The molecule has 0 unspecified atom stereocenters. The minimum Gasteiger partial charge on any atom is -0.392 e. The molecule has 0 aromatic carbocycles. The molecule has 0 saturated heterocycles. The maximum absolute atomic E-state index is 10.3. The van der Waals surface area contributed by atoms with Crippen molar-refractivity contribution in [2.24, 2.45) is 0 Å². The highest BCUT2D eigenvalue weighted by molar-refractivity contribution is 9.09. The van der Waals surface area contributed by atoms with Crippen LogP contribution in [0.15, 0.2) is 0 Å². The van der Waals surface area contributed by atoms with Gasteiger partial charge in [0.05, 0.1) is 6.42 Å². The summed E-state index contributed by atoms with van der Waals surface area (Å²) in [4.78, 5) is 20.5. The number of halogens is 1. The van der Waals surface area contributed by atoms with E-state index in [1.54, 1.807) is 0 Å². The molecule has 0 N–H and O–H groups in total. The Labute approximate surface area is 61.5 Å². The average molecular weight is 194 g/mol. The third-order valence-corrected chi connectivity index (χ3v) is 1.02. The summed E-state index contributed by atoms with van der Waals surface area (Å²) in [5, 5.41) is 0.0482. The highest BCUT2D eigenvalue weighted by atomic mass is 79.9. The van der Waals surface area contributed by atoms with E-state index in [-0.39, 0.29) is 5.33 Å². The molecule has 0 atom stereocenters. The molecule has 0 aliphatic rings. The molecule has 0 saturated carbocycles. The third kappa shape index (κ3) is 4.14. The predicted molar refractivity (Wildman–Crippen MR) is 34.9 cm³/mol. The molecule has 0 aromatic rings. The van der Waals surface area contributed by atoms with Crippen molar-refractivity contribution in [1.29, 1.82) is 0 Å². The molecule has 9 heavy (non-hydrogen) atoms. The van der Waals surface area contributed by atoms with Gasteiger partial charge in [-0.25, -0.2) is 0 Å². The highest BCUT2D eigenvalue weighted by Crippen LogP contribution is 1.88. The van der Waals surface area contributed by atoms with Gasteiger partial charge in [0.2, 0.25) is 0 Å². The van der Waals surface area contributed by atoms with Crippen LogP contribution in [0.2, 0.25) is 0 Å². The maximum atomic E-state index is 10.3. The zero-order chi connectivity index (χ0) is 7.28. The molecule has 4 heteroatoms. The van der Waals surface area contributed by atoms with Crippen molar-refractivity contribution >= 4 is 27.9 Å². The monoisotopic (exact) mass is 193 g/mol. The number of carbonyl (C=O) groups is 2. The van der Waals surface area contributed by atoms with Crippen LogP contribution in [0.1, 0.15) is 6.92 Å². The fourth-order valence-corrected chi connectivity index (χ4v) is 0.313. The Morgan fingerprint density at radius 3 is 2.56 bits per heavy atom. The van der Waals surface area contributed by atoms with E-state index in [2.05, 4.69) is 20.7 Å². The van der Waals surface area contributed by atoms with Gasteiger partial charge in [-0.1, -0.05) is 22.9 Å². The molecule has 0 heterocycles. The van der Waals surface area contributed by atoms with Gasteiger partial charge < -0.3 is 4.74 Å². The van der Waals surface area contributed by atoms with Crippen molar-refractivity contribution < 1.29 is 14.3 Å². The van der Waals surface area contributed by atoms with Crippen LogP contribution in [-0.4, -0.2) is 17.3 Å². The van der Waals surface area contributed by atoms with Gasteiger partial charge in [0.25, 0.3) is 0 Å². The van der Waals surface area contributed by atoms with Crippen molar-refractivity contribution in [2.75, 3.05) is 5.33 Å². The Morgan fingerprint density at radius 2 is 2.22 bits per heavy atom. The normalized spacial score (nSPS) is 8.67. The topological polar surface area (TPSA) is 43.4 Å². The Bertz CT molecular complexity index is 107. The Kier molecular flexibility index (Phi) is 4.30. The van der Waals surface area contributed by atoms with Gasteiger partial charge in [0.15, 0.2) is 0 Å². The summed E-state index contributed by atoms with van der Waals surface area (Å²) in [6.45, 7) is 1.50. The van der Waals surface area contributed by atoms with Crippen molar-refractivity contribution in [1.82, 2.24) is 0 Å². The van der Waals surface area contributed by atoms with E-state index >= 15 is 0 Å². The molecule has 3 nitrogen and oxygen atoms in total. The van der Waals surface area contributed by atoms with Gasteiger partial charge in [-0.05, 0) is 0 Å². The SMILES string of the molecule is C[CH]C(=O)OC(=O)CBr. The van der Waals surface area contributed by atoms with Crippen LogP contribution >= 0.6 is 15.9 Å². The molecule has 0 spiro atoms. The lowest BCUT2D eigenvalue weighted by atomic mass is 10.5. The predicted octanol–water partition coefficient (Wildman–Crippen LogP) is 0.675. The maximum Gasteiger partial charge on any atom is 0.324 e. The molecule has 0 aliphatic heterocycles. The largest absolute Gasteiger partial charge is 0.392 e. The number of hydrogen-bond acceptors (Lipinski definition) is 3. The van der Waals surface area contributed by atoms with E-state index in [1.165, 1.54) is 13.3 Å². The lowest BCUT2D eigenvalue weighted by molar-refractivity contribution is -0.155. The molecule has 0 bridgehead atoms. The van der Waals surface area contributed by atoms with E-state index in [1.807, 2.05) is 0 Å². The zero-order valence-corrected chi connectivity index (χ0v) is 6.47. The molecule has 0 aliphatic carbocycles. The summed E-state index contributed by atoms with van der Waals surface area (Å²) in [7, 11) is 0. The van der Waals surface area contributed by atoms with Crippen LogP contribution in [0.3, 0.4) is 0 Å². The van der Waals surface area contributed by atoms with Gasteiger partial charge >= 0.3 is 11.9 Å². The number of rotatable bonds is 2. The number of hydrogen-bond donors (Lipinski definition) is 0. The minimum atomic E-state index is -0.612. The molecule has 51 valence electrons. The van der Waals surface area contributed by atoms with Crippen molar-refractivity contribution in [3.05, 3.63) is 6.42 Å². The minimum absolute atomic E-state index is 0.0482. The first kappa shape index (κ1) is 8.62. The second-order valence-electron chi connectivity index (χ2n) is 1.22. The van der Waals surface area contributed by atoms with Crippen LogP contribution in [-0.2, 0) is 14.3 Å². The smallest absolute Gasteiger partial charge is 0.324 e. The van der Waals surface area contributed by atoms with E-state index in [4.69, 9.17) is 0 Å². The molecule has 1 radical (unpaired) electrons. The molecule has 0 amide bonds. The number of carbonyl (C=O) groups excluding carboxylic acids is 2. The number of esters is 2. The van der Waals surface area contributed by atoms with Gasteiger partial charge in [0, 0.05) is 0 Å². The van der Waals surface area contributed by atoms with Crippen molar-refractivity contribution in [2.45, 2.75) is 6.92 Å². The first-order valence-corrected chi connectivity index (χ1v) is 3.42. The van der Waals surface area contributed by atoms with Gasteiger partial charge in [0.1, 0.15) is 5.33 Å². The zero-order valence-electron chi connectivity index (χ0n) is 4.89. The lowest BCUT2D eigenvalue weighted by Gasteiger charge is -1.94. The van der Waals surface area contributed by atoms with Crippen molar-refractivity contribution in [3.63, 3.8) is 0 Å². The second-order valence-corrected chi connectivity index (χ2v) is 1.78.